The summed E-state index contributed by atoms with van der Waals surface area (Å²) in [4.78, 5) is 4.80. The van der Waals surface area contributed by atoms with Gasteiger partial charge in [-0.1, -0.05) is 60.2 Å². The van der Waals surface area contributed by atoms with Crippen LogP contribution in [0.2, 0.25) is 0 Å². The summed E-state index contributed by atoms with van der Waals surface area (Å²) in [5.74, 6) is 1.25. The third kappa shape index (κ3) is 6.68. The highest BCUT2D eigenvalue weighted by Gasteiger charge is 2.27. The lowest BCUT2D eigenvalue weighted by atomic mass is 9.89. The number of benzene rings is 2. The minimum atomic E-state index is 0.131. The Bertz CT molecular complexity index is 1010. The van der Waals surface area contributed by atoms with E-state index in [0.717, 1.165) is 50.6 Å². The summed E-state index contributed by atoms with van der Waals surface area (Å²) in [6.07, 6.45) is 6.35. The number of aliphatic imine (C=N–C) groups is 1. The average Bonchev–Trinajstić information content (AvgIpc) is 3.29. The maximum absolute atomic E-state index is 6.18. The summed E-state index contributed by atoms with van der Waals surface area (Å²) in [5, 5.41) is 11.4. The fraction of sp³-hybridized carbons (Fsp3) is 0.407. The molecule has 0 bridgehead atoms. The highest BCUT2D eigenvalue weighted by Crippen LogP contribution is 2.33. The lowest BCUT2D eigenvalue weighted by Gasteiger charge is -2.32. The molecule has 1 aliphatic heterocycles. The van der Waals surface area contributed by atoms with E-state index in [0.29, 0.717) is 12.5 Å². The van der Waals surface area contributed by atoms with Gasteiger partial charge in [0.05, 0.1) is 25.4 Å². The van der Waals surface area contributed by atoms with Crippen molar-refractivity contribution in [1.82, 2.24) is 20.4 Å². The Balaban J connectivity index is 1.35. The molecule has 0 spiro atoms. The van der Waals surface area contributed by atoms with Crippen molar-refractivity contribution < 1.29 is 4.74 Å². The number of nitrogens with zero attached hydrogens (tertiary/aromatic N) is 3. The molecule has 2 N–H and O–H groups in total. The number of rotatable bonds is 8. The molecule has 2 unspecified atom stereocenters. The molecular formula is C27H35N5O. The number of guanidine groups is 1. The number of aromatic nitrogens is 2. The van der Waals surface area contributed by atoms with Crippen molar-refractivity contribution in [3.05, 3.63) is 89.2 Å². The molecule has 0 amide bonds. The largest absolute Gasteiger partial charge is 0.373 e. The molecule has 33 heavy (non-hydrogen) atoms. The van der Waals surface area contributed by atoms with E-state index >= 15 is 0 Å². The van der Waals surface area contributed by atoms with Crippen LogP contribution in [0.3, 0.4) is 0 Å². The zero-order chi connectivity index (χ0) is 22.9. The van der Waals surface area contributed by atoms with E-state index in [2.05, 4.69) is 84.3 Å². The van der Waals surface area contributed by atoms with E-state index in [-0.39, 0.29) is 6.10 Å². The van der Waals surface area contributed by atoms with E-state index in [9.17, 15) is 0 Å². The summed E-state index contributed by atoms with van der Waals surface area (Å²) in [6, 6.07) is 19.1. The summed E-state index contributed by atoms with van der Waals surface area (Å²) >= 11 is 0. The molecule has 0 saturated carbocycles. The molecule has 2 aromatic carbocycles. The van der Waals surface area contributed by atoms with Crippen LogP contribution in [0.1, 0.15) is 48.1 Å². The van der Waals surface area contributed by atoms with E-state index in [1.54, 1.807) is 0 Å². The van der Waals surface area contributed by atoms with Crippen LogP contribution >= 0.6 is 0 Å². The third-order valence-electron chi connectivity index (χ3n) is 6.02. The summed E-state index contributed by atoms with van der Waals surface area (Å²) in [6.45, 7) is 8.05. The molecule has 2 atom stereocenters. The fourth-order valence-corrected chi connectivity index (χ4v) is 4.26. The summed E-state index contributed by atoms with van der Waals surface area (Å²) in [5.41, 5.74) is 4.88. The van der Waals surface area contributed by atoms with Gasteiger partial charge in [-0.05, 0) is 37.8 Å². The highest BCUT2D eigenvalue weighted by atomic mass is 16.5. The molecule has 4 rings (SSSR count). The normalized spacial score (nSPS) is 18.8. The molecule has 1 fully saturated rings. The van der Waals surface area contributed by atoms with Crippen molar-refractivity contribution in [2.75, 3.05) is 19.7 Å². The van der Waals surface area contributed by atoms with Crippen molar-refractivity contribution in [1.29, 1.82) is 0 Å². The van der Waals surface area contributed by atoms with E-state index < -0.39 is 0 Å². The molecule has 6 heteroatoms. The second kappa shape index (κ2) is 11.7. The van der Waals surface area contributed by atoms with Crippen LogP contribution in [0.25, 0.3) is 0 Å². The van der Waals surface area contributed by atoms with Crippen LogP contribution in [0.15, 0.2) is 72.0 Å². The van der Waals surface area contributed by atoms with E-state index in [1.165, 1.54) is 16.7 Å². The van der Waals surface area contributed by atoms with Crippen molar-refractivity contribution in [2.45, 2.75) is 45.9 Å². The Morgan fingerprint density at radius 2 is 1.91 bits per heavy atom. The molecular weight excluding hydrogens is 410 g/mol. The standard InChI is InChI=1S/C27H35N5O/c1-3-28-27(29-16-23-17-31-32(20-23)19-22-8-5-4-6-9-22)30-18-25-10-7-15-33-26(25)24-13-11-21(2)12-14-24/h4-6,8-9,11-14,17,20,25-26H,3,7,10,15-16,18-19H2,1-2H3,(H2,28,29,30). The molecule has 3 aromatic rings. The SMILES string of the molecule is CCNC(=NCc1cnn(Cc2ccccc2)c1)NCC1CCCOC1c1ccc(C)cc1. The zero-order valence-corrected chi connectivity index (χ0v) is 19.7. The van der Waals surface area contributed by atoms with Crippen LogP contribution < -0.4 is 10.6 Å². The fourth-order valence-electron chi connectivity index (χ4n) is 4.26. The molecule has 174 valence electrons. The monoisotopic (exact) mass is 445 g/mol. The van der Waals surface area contributed by atoms with Gasteiger partial charge in [-0.2, -0.15) is 5.10 Å². The Morgan fingerprint density at radius 3 is 2.70 bits per heavy atom. The third-order valence-corrected chi connectivity index (χ3v) is 6.02. The second-order valence-corrected chi connectivity index (χ2v) is 8.71. The Morgan fingerprint density at radius 1 is 1.09 bits per heavy atom. The Hall–Kier alpha value is -3.12. The quantitative estimate of drug-likeness (QED) is 0.397. The van der Waals surface area contributed by atoms with Crippen LogP contribution in [0, 0.1) is 12.8 Å². The van der Waals surface area contributed by atoms with Crippen LogP contribution in [0.5, 0.6) is 0 Å². The van der Waals surface area contributed by atoms with Crippen LogP contribution in [-0.2, 0) is 17.8 Å². The number of aryl methyl sites for hydroxylation is 1. The van der Waals surface area contributed by atoms with Gasteiger partial charge in [0.25, 0.3) is 0 Å². The van der Waals surface area contributed by atoms with Gasteiger partial charge in [-0.15, -0.1) is 0 Å². The number of hydrogen-bond acceptors (Lipinski definition) is 3. The molecule has 6 nitrogen and oxygen atoms in total. The first-order chi connectivity index (χ1) is 16.2. The van der Waals surface area contributed by atoms with Crippen molar-refractivity contribution >= 4 is 5.96 Å². The molecule has 1 aliphatic rings. The van der Waals surface area contributed by atoms with Gasteiger partial charge in [0, 0.05) is 37.4 Å². The molecule has 0 radical (unpaired) electrons. The topological polar surface area (TPSA) is 63.5 Å². The lowest BCUT2D eigenvalue weighted by molar-refractivity contribution is -0.0265. The Labute approximate surface area is 197 Å². The molecule has 2 heterocycles. The van der Waals surface area contributed by atoms with Crippen molar-refractivity contribution in [3.8, 4) is 0 Å². The van der Waals surface area contributed by atoms with Gasteiger partial charge < -0.3 is 15.4 Å². The summed E-state index contributed by atoms with van der Waals surface area (Å²) < 4.78 is 8.14. The molecule has 0 aliphatic carbocycles. The predicted octanol–water partition coefficient (Wildman–Crippen LogP) is 4.46. The first-order valence-electron chi connectivity index (χ1n) is 12.0. The number of hydrogen-bond donors (Lipinski definition) is 2. The number of nitrogens with one attached hydrogen (secondary N) is 2. The van der Waals surface area contributed by atoms with Crippen LogP contribution in [-0.4, -0.2) is 35.4 Å². The highest BCUT2D eigenvalue weighted by molar-refractivity contribution is 5.79. The maximum Gasteiger partial charge on any atom is 0.191 e. The molecule has 1 aromatic heterocycles. The minimum absolute atomic E-state index is 0.131. The predicted molar refractivity (Wildman–Crippen MR) is 133 cm³/mol. The average molecular weight is 446 g/mol. The zero-order valence-electron chi connectivity index (χ0n) is 19.7. The number of ether oxygens (including phenoxy) is 1. The van der Waals surface area contributed by atoms with Gasteiger partial charge in [0.15, 0.2) is 5.96 Å². The lowest BCUT2D eigenvalue weighted by Crippen LogP contribution is -2.42. The van der Waals surface area contributed by atoms with Crippen molar-refractivity contribution in [3.63, 3.8) is 0 Å². The van der Waals surface area contributed by atoms with E-state index in [4.69, 9.17) is 9.73 Å². The van der Waals surface area contributed by atoms with Gasteiger partial charge in [0.1, 0.15) is 0 Å². The van der Waals surface area contributed by atoms with Crippen LogP contribution in [0.4, 0.5) is 0 Å². The van der Waals surface area contributed by atoms with Gasteiger partial charge in [-0.25, -0.2) is 4.99 Å². The smallest absolute Gasteiger partial charge is 0.191 e. The van der Waals surface area contributed by atoms with E-state index in [1.807, 2.05) is 16.9 Å². The maximum atomic E-state index is 6.18. The van der Waals surface area contributed by atoms with Crippen molar-refractivity contribution in [2.24, 2.45) is 10.9 Å². The Kier molecular flexibility index (Phi) is 8.14. The minimum Gasteiger partial charge on any atom is -0.373 e. The first kappa shape index (κ1) is 23.1. The molecule has 1 saturated heterocycles. The first-order valence-corrected chi connectivity index (χ1v) is 12.0. The van der Waals surface area contributed by atoms with Gasteiger partial charge in [0.2, 0.25) is 0 Å². The summed E-state index contributed by atoms with van der Waals surface area (Å²) in [7, 11) is 0. The van der Waals surface area contributed by atoms with Gasteiger partial charge in [-0.3, -0.25) is 4.68 Å². The van der Waals surface area contributed by atoms with Gasteiger partial charge >= 0.3 is 0 Å². The second-order valence-electron chi connectivity index (χ2n) is 8.71.